The van der Waals surface area contributed by atoms with E-state index in [-0.39, 0.29) is 11.5 Å². The molecule has 2 nitrogen and oxygen atoms in total. The van der Waals surface area contributed by atoms with Gasteiger partial charge in [0.25, 0.3) is 0 Å². The maximum absolute atomic E-state index is 9.45. The Morgan fingerprint density at radius 1 is 0.923 bits per heavy atom. The Kier molecular flexibility index (Phi) is 1.78. The lowest BCUT2D eigenvalue weighted by Gasteiger charge is -2.02. The molecule has 0 fully saturated rings. The van der Waals surface area contributed by atoms with Crippen LogP contribution < -0.4 is 0 Å². The maximum atomic E-state index is 9.45. The molecular formula is C10H7ClO2. The van der Waals surface area contributed by atoms with Crippen LogP contribution >= 0.6 is 11.6 Å². The van der Waals surface area contributed by atoms with Crippen molar-refractivity contribution in [1.29, 1.82) is 0 Å². The molecule has 0 aliphatic rings. The zero-order valence-corrected chi connectivity index (χ0v) is 7.42. The number of hydrogen-bond donors (Lipinski definition) is 2. The minimum atomic E-state index is 0.139. The number of rotatable bonds is 0. The summed E-state index contributed by atoms with van der Waals surface area (Å²) in [7, 11) is 0. The summed E-state index contributed by atoms with van der Waals surface area (Å²) in [6, 6.07) is 7.79. The molecule has 0 aromatic heterocycles. The molecule has 0 saturated carbocycles. The van der Waals surface area contributed by atoms with Crippen molar-refractivity contribution < 1.29 is 10.2 Å². The lowest BCUT2D eigenvalue weighted by molar-refractivity contribution is 0.475. The molecule has 0 unspecified atom stereocenters. The summed E-state index contributed by atoms with van der Waals surface area (Å²) in [5.41, 5.74) is 0. The average molecular weight is 195 g/mol. The van der Waals surface area contributed by atoms with Gasteiger partial charge in [-0.1, -0.05) is 11.6 Å². The molecule has 2 aromatic rings. The molecule has 0 radical (unpaired) electrons. The van der Waals surface area contributed by atoms with Gasteiger partial charge in [-0.15, -0.1) is 0 Å². The molecular weight excluding hydrogens is 188 g/mol. The van der Waals surface area contributed by atoms with Crippen molar-refractivity contribution in [3.05, 3.63) is 35.4 Å². The van der Waals surface area contributed by atoms with Gasteiger partial charge in [0.2, 0.25) is 0 Å². The van der Waals surface area contributed by atoms with Gasteiger partial charge in [0, 0.05) is 15.8 Å². The fourth-order valence-corrected chi connectivity index (χ4v) is 1.50. The maximum Gasteiger partial charge on any atom is 0.123 e. The van der Waals surface area contributed by atoms with Crippen LogP contribution in [-0.2, 0) is 0 Å². The zero-order chi connectivity index (χ0) is 9.42. The molecule has 2 N–H and O–H groups in total. The monoisotopic (exact) mass is 194 g/mol. The first kappa shape index (κ1) is 8.20. The quantitative estimate of drug-likeness (QED) is 0.677. The van der Waals surface area contributed by atoms with Gasteiger partial charge in [0.15, 0.2) is 0 Å². The summed E-state index contributed by atoms with van der Waals surface area (Å²) in [5.74, 6) is 0.305. The van der Waals surface area contributed by atoms with Crippen LogP contribution in [0.5, 0.6) is 11.5 Å². The van der Waals surface area contributed by atoms with E-state index in [1.54, 1.807) is 12.1 Å². The molecule has 2 aromatic carbocycles. The van der Waals surface area contributed by atoms with Crippen LogP contribution in [0.1, 0.15) is 0 Å². The van der Waals surface area contributed by atoms with Gasteiger partial charge in [-0.05, 0) is 30.3 Å². The normalized spacial score (nSPS) is 10.5. The molecule has 0 aliphatic carbocycles. The predicted octanol–water partition coefficient (Wildman–Crippen LogP) is 2.90. The average Bonchev–Trinajstić information content (AvgIpc) is 2.12. The van der Waals surface area contributed by atoms with E-state index in [0.717, 1.165) is 0 Å². The Hall–Kier alpha value is -1.41. The van der Waals surface area contributed by atoms with Gasteiger partial charge in [0.1, 0.15) is 11.5 Å². The Balaban J connectivity index is 2.92. The van der Waals surface area contributed by atoms with E-state index in [1.165, 1.54) is 18.2 Å². The SMILES string of the molecule is Oc1ccc2c(O)ccc(Cl)c2c1. The van der Waals surface area contributed by atoms with Crippen LogP contribution in [0, 0.1) is 0 Å². The fourth-order valence-electron chi connectivity index (χ4n) is 1.28. The highest BCUT2D eigenvalue weighted by atomic mass is 35.5. The van der Waals surface area contributed by atoms with E-state index < -0.39 is 0 Å². The van der Waals surface area contributed by atoms with Crippen LogP contribution in [-0.4, -0.2) is 10.2 Å². The molecule has 0 saturated heterocycles. The summed E-state index contributed by atoms with van der Waals surface area (Å²) in [6.07, 6.45) is 0. The number of fused-ring (bicyclic) bond motifs is 1. The molecule has 13 heavy (non-hydrogen) atoms. The number of phenolic OH excluding ortho intramolecular Hbond substituents is 2. The van der Waals surface area contributed by atoms with Crippen molar-refractivity contribution in [2.45, 2.75) is 0 Å². The van der Waals surface area contributed by atoms with Crippen molar-refractivity contribution in [3.8, 4) is 11.5 Å². The topological polar surface area (TPSA) is 40.5 Å². The highest BCUT2D eigenvalue weighted by Gasteiger charge is 2.03. The molecule has 2 rings (SSSR count). The first-order valence-corrected chi connectivity index (χ1v) is 4.16. The van der Waals surface area contributed by atoms with Crippen LogP contribution in [0.2, 0.25) is 5.02 Å². The predicted molar refractivity (Wildman–Crippen MR) is 52.3 cm³/mol. The summed E-state index contributed by atoms with van der Waals surface area (Å²) in [6.45, 7) is 0. The van der Waals surface area contributed by atoms with Gasteiger partial charge in [-0.25, -0.2) is 0 Å². The highest BCUT2D eigenvalue weighted by Crippen LogP contribution is 2.32. The standard InChI is InChI=1S/C10H7ClO2/c11-9-3-4-10(13)7-2-1-6(12)5-8(7)9/h1-5,12-13H. The van der Waals surface area contributed by atoms with Crippen molar-refractivity contribution in [2.24, 2.45) is 0 Å². The molecule has 3 heteroatoms. The van der Waals surface area contributed by atoms with E-state index in [1.807, 2.05) is 0 Å². The van der Waals surface area contributed by atoms with E-state index >= 15 is 0 Å². The number of aromatic hydroxyl groups is 2. The van der Waals surface area contributed by atoms with Crippen molar-refractivity contribution >= 4 is 22.4 Å². The van der Waals surface area contributed by atoms with Gasteiger partial charge >= 0.3 is 0 Å². The largest absolute Gasteiger partial charge is 0.508 e. The van der Waals surface area contributed by atoms with Gasteiger partial charge in [-0.2, -0.15) is 0 Å². The summed E-state index contributed by atoms with van der Waals surface area (Å²) in [4.78, 5) is 0. The number of hydrogen-bond acceptors (Lipinski definition) is 2. The van der Waals surface area contributed by atoms with Crippen LogP contribution in [0.4, 0.5) is 0 Å². The lowest BCUT2D eigenvalue weighted by Crippen LogP contribution is -1.75. The molecule has 66 valence electrons. The molecule has 0 heterocycles. The van der Waals surface area contributed by atoms with E-state index in [9.17, 15) is 10.2 Å². The zero-order valence-electron chi connectivity index (χ0n) is 6.66. The third kappa shape index (κ3) is 1.29. The smallest absolute Gasteiger partial charge is 0.123 e. The molecule has 0 bridgehead atoms. The fraction of sp³-hybridized carbons (Fsp3) is 0. The third-order valence-corrected chi connectivity index (χ3v) is 2.25. The van der Waals surface area contributed by atoms with Crippen molar-refractivity contribution in [1.82, 2.24) is 0 Å². The third-order valence-electron chi connectivity index (χ3n) is 1.92. The minimum absolute atomic E-state index is 0.139. The number of benzene rings is 2. The second kappa shape index (κ2) is 2.82. The molecule has 0 atom stereocenters. The van der Waals surface area contributed by atoms with E-state index in [2.05, 4.69) is 0 Å². The van der Waals surface area contributed by atoms with E-state index in [0.29, 0.717) is 15.8 Å². The molecule has 0 spiro atoms. The van der Waals surface area contributed by atoms with Gasteiger partial charge in [0.05, 0.1) is 0 Å². The number of halogens is 1. The van der Waals surface area contributed by atoms with Crippen LogP contribution in [0.3, 0.4) is 0 Å². The molecule has 0 amide bonds. The Labute approximate surface area is 80.0 Å². The molecule has 0 aliphatic heterocycles. The van der Waals surface area contributed by atoms with Gasteiger partial charge < -0.3 is 10.2 Å². The summed E-state index contributed by atoms with van der Waals surface area (Å²) >= 11 is 5.88. The lowest BCUT2D eigenvalue weighted by atomic mass is 10.1. The summed E-state index contributed by atoms with van der Waals surface area (Å²) < 4.78 is 0. The Morgan fingerprint density at radius 3 is 2.46 bits per heavy atom. The van der Waals surface area contributed by atoms with Crippen molar-refractivity contribution in [3.63, 3.8) is 0 Å². The van der Waals surface area contributed by atoms with Crippen molar-refractivity contribution in [2.75, 3.05) is 0 Å². The second-order valence-electron chi connectivity index (χ2n) is 2.80. The van der Waals surface area contributed by atoms with Crippen LogP contribution in [0.25, 0.3) is 10.8 Å². The number of phenols is 2. The Morgan fingerprint density at radius 2 is 1.69 bits per heavy atom. The minimum Gasteiger partial charge on any atom is -0.508 e. The van der Waals surface area contributed by atoms with Crippen LogP contribution in [0.15, 0.2) is 30.3 Å². The summed E-state index contributed by atoms with van der Waals surface area (Å²) in [5, 5.41) is 20.5. The second-order valence-corrected chi connectivity index (χ2v) is 3.20. The first-order chi connectivity index (χ1) is 6.18. The highest BCUT2D eigenvalue weighted by molar-refractivity contribution is 6.35. The Bertz CT molecular complexity index is 466. The van der Waals surface area contributed by atoms with E-state index in [4.69, 9.17) is 11.6 Å². The van der Waals surface area contributed by atoms with Gasteiger partial charge in [-0.3, -0.25) is 0 Å². The first-order valence-electron chi connectivity index (χ1n) is 3.78.